The molecule has 268 valence electrons. The summed E-state index contributed by atoms with van der Waals surface area (Å²) in [6.07, 6.45) is 3.17. The van der Waals surface area contributed by atoms with Crippen molar-refractivity contribution in [3.8, 4) is 44.5 Å². The van der Waals surface area contributed by atoms with Crippen LogP contribution in [0.1, 0.15) is 75.6 Å². The number of fused-ring (bicyclic) bond motifs is 8. The minimum Gasteiger partial charge on any atom is -0.423 e. The largest absolute Gasteiger partial charge is 0.488 e. The first-order chi connectivity index (χ1) is 25.8. The summed E-state index contributed by atoms with van der Waals surface area (Å²) in [6, 6.07) is 23.4. The molecule has 3 aliphatic rings. The Morgan fingerprint density at radius 1 is 0.333 bits per heavy atom. The molecule has 8 N–H and O–H groups in total. The SMILES string of the molecule is CCC1(CC)c2cc3c(cc2C(CC)(CC)c2cc4c(cc21)-c1cc(B(O)O)cc2cc(B(O)O)cc-4c12)-c1cc(B(O)O)cc2cc(B(O)O)cc-3c12. The molecule has 0 amide bonds. The van der Waals surface area contributed by atoms with Gasteiger partial charge in [0.1, 0.15) is 0 Å². The maximum absolute atomic E-state index is 10.3. The van der Waals surface area contributed by atoms with Gasteiger partial charge in [0.25, 0.3) is 0 Å². The fraction of sp³-hybridized carbons (Fsp3) is 0.238. The van der Waals surface area contributed by atoms with Crippen molar-refractivity contribution in [3.05, 3.63) is 95.1 Å². The van der Waals surface area contributed by atoms with Crippen molar-refractivity contribution in [1.29, 1.82) is 0 Å². The molecule has 0 heterocycles. The second kappa shape index (κ2) is 12.1. The Morgan fingerprint density at radius 3 is 0.741 bits per heavy atom. The third kappa shape index (κ3) is 4.54. The molecule has 9 rings (SSSR count). The minimum atomic E-state index is -1.71. The van der Waals surface area contributed by atoms with Crippen LogP contribution < -0.4 is 21.9 Å². The Labute approximate surface area is 315 Å². The predicted octanol–water partition coefficient (Wildman–Crippen LogP) is 2.53. The molecule has 8 nitrogen and oxygen atoms in total. The zero-order valence-electron chi connectivity index (χ0n) is 30.6. The third-order valence-electron chi connectivity index (χ3n) is 13.3. The van der Waals surface area contributed by atoms with E-state index in [2.05, 4.69) is 52.0 Å². The van der Waals surface area contributed by atoms with Crippen molar-refractivity contribution in [2.24, 2.45) is 0 Å². The minimum absolute atomic E-state index is 0.325. The Kier molecular flexibility index (Phi) is 7.98. The van der Waals surface area contributed by atoms with Gasteiger partial charge in [-0.15, -0.1) is 0 Å². The average molecular weight is 716 g/mol. The van der Waals surface area contributed by atoms with E-state index in [1.165, 1.54) is 22.3 Å². The molecule has 6 aromatic carbocycles. The number of rotatable bonds is 8. The maximum Gasteiger partial charge on any atom is 0.488 e. The van der Waals surface area contributed by atoms with E-state index in [0.717, 1.165) is 81.0 Å². The second-order valence-corrected chi connectivity index (χ2v) is 15.4. The lowest BCUT2D eigenvalue weighted by molar-refractivity contribution is 0.388. The Morgan fingerprint density at radius 2 is 0.556 bits per heavy atom. The van der Waals surface area contributed by atoms with Gasteiger partial charge in [-0.2, -0.15) is 0 Å². The number of benzene rings is 6. The number of hydrogen-bond acceptors (Lipinski definition) is 8. The van der Waals surface area contributed by atoms with Gasteiger partial charge in [-0.05, 0) is 160 Å². The highest BCUT2D eigenvalue weighted by atomic mass is 16.4. The standard InChI is InChI=1S/C42H40B4O8/c1-5-41(6-2)35-17-27-29(33-15-25(45(51)52)11-21-9-23(43(47)48)13-31(27)39(21)33)19-37(35)42(7-3,8-4)38-20-30-28(18-36(38)41)32-14-24(44(49)50)10-22-12-26(46(53)54)16-34(30)40(22)32/h9-20,47-54H,5-8H2,1-4H3. The summed E-state index contributed by atoms with van der Waals surface area (Å²) in [4.78, 5) is 0. The first-order valence-corrected chi connectivity index (χ1v) is 18.9. The second-order valence-electron chi connectivity index (χ2n) is 15.4. The molecule has 0 fully saturated rings. The molecule has 12 heteroatoms. The van der Waals surface area contributed by atoms with Crippen LogP contribution in [0.4, 0.5) is 0 Å². The maximum atomic E-state index is 10.3. The highest BCUT2D eigenvalue weighted by Crippen LogP contribution is 2.61. The van der Waals surface area contributed by atoms with E-state index < -0.39 is 39.3 Å². The molecular weight excluding hydrogens is 676 g/mol. The summed E-state index contributed by atoms with van der Waals surface area (Å²) in [5.41, 5.74) is 12.7. The molecule has 54 heavy (non-hydrogen) atoms. The smallest absolute Gasteiger partial charge is 0.423 e. The van der Waals surface area contributed by atoms with Crippen molar-refractivity contribution in [2.45, 2.75) is 64.2 Å². The first kappa shape index (κ1) is 35.5. The van der Waals surface area contributed by atoms with Crippen LogP contribution in [-0.4, -0.2) is 68.7 Å². The van der Waals surface area contributed by atoms with Gasteiger partial charge in [0.2, 0.25) is 0 Å². The predicted molar refractivity (Wildman–Crippen MR) is 219 cm³/mol. The van der Waals surface area contributed by atoms with Crippen LogP contribution in [0.25, 0.3) is 66.1 Å². The van der Waals surface area contributed by atoms with E-state index in [0.29, 0.717) is 32.6 Å². The Hall–Kier alpha value is -4.22. The summed E-state index contributed by atoms with van der Waals surface area (Å²) < 4.78 is 0. The van der Waals surface area contributed by atoms with Gasteiger partial charge in [-0.25, -0.2) is 0 Å². The monoisotopic (exact) mass is 716 g/mol. The molecule has 6 aromatic rings. The highest BCUT2D eigenvalue weighted by molar-refractivity contribution is 6.61. The zero-order valence-corrected chi connectivity index (χ0v) is 30.6. The quantitative estimate of drug-likeness (QED) is 0.111. The molecule has 0 bridgehead atoms. The van der Waals surface area contributed by atoms with Crippen molar-refractivity contribution >= 4 is 71.9 Å². The van der Waals surface area contributed by atoms with Gasteiger partial charge in [-0.1, -0.05) is 76.2 Å². The molecule has 0 spiro atoms. The summed E-state index contributed by atoms with van der Waals surface area (Å²) in [6.45, 7) is 8.88. The molecule has 3 aliphatic carbocycles. The van der Waals surface area contributed by atoms with Crippen LogP contribution in [0, 0.1) is 0 Å². The first-order valence-electron chi connectivity index (χ1n) is 18.9. The molecule has 0 saturated carbocycles. The van der Waals surface area contributed by atoms with Gasteiger partial charge in [0.15, 0.2) is 0 Å². The van der Waals surface area contributed by atoms with Crippen LogP contribution in [0.15, 0.2) is 72.8 Å². The fourth-order valence-corrected chi connectivity index (χ4v) is 10.6. The molecular formula is C42H40B4O8. The van der Waals surface area contributed by atoms with Crippen molar-refractivity contribution in [3.63, 3.8) is 0 Å². The number of hydrogen-bond donors (Lipinski definition) is 8. The Balaban J connectivity index is 1.38. The normalized spacial score (nSPS) is 14.9. The lowest BCUT2D eigenvalue weighted by Crippen LogP contribution is -2.42. The summed E-state index contributed by atoms with van der Waals surface area (Å²) in [5.74, 6) is 0. The average Bonchev–Trinajstić information content (AvgIpc) is 3.65. The van der Waals surface area contributed by atoms with Crippen LogP contribution in [-0.2, 0) is 10.8 Å². The van der Waals surface area contributed by atoms with Gasteiger partial charge in [-0.3, -0.25) is 0 Å². The third-order valence-corrected chi connectivity index (χ3v) is 13.3. The van der Waals surface area contributed by atoms with Crippen LogP contribution in [0.2, 0.25) is 0 Å². The topological polar surface area (TPSA) is 162 Å². The zero-order chi connectivity index (χ0) is 38.2. The lowest BCUT2D eigenvalue weighted by Gasteiger charge is -2.50. The molecule has 0 saturated heterocycles. The van der Waals surface area contributed by atoms with Gasteiger partial charge >= 0.3 is 28.5 Å². The van der Waals surface area contributed by atoms with Gasteiger partial charge in [0.05, 0.1) is 0 Å². The molecule has 0 aliphatic heterocycles. The summed E-state index contributed by atoms with van der Waals surface area (Å²) >= 11 is 0. The molecule has 0 unspecified atom stereocenters. The van der Waals surface area contributed by atoms with Gasteiger partial charge < -0.3 is 40.2 Å². The van der Waals surface area contributed by atoms with E-state index in [9.17, 15) is 40.2 Å². The van der Waals surface area contributed by atoms with Crippen molar-refractivity contribution in [1.82, 2.24) is 0 Å². The van der Waals surface area contributed by atoms with Gasteiger partial charge in [0, 0.05) is 10.8 Å². The molecule has 0 atom stereocenters. The van der Waals surface area contributed by atoms with Crippen molar-refractivity contribution in [2.75, 3.05) is 0 Å². The summed E-state index contributed by atoms with van der Waals surface area (Å²) in [5, 5.41) is 85.9. The Bertz CT molecular complexity index is 2250. The van der Waals surface area contributed by atoms with E-state index in [1.54, 1.807) is 24.3 Å². The van der Waals surface area contributed by atoms with Crippen LogP contribution in [0.3, 0.4) is 0 Å². The van der Waals surface area contributed by atoms with E-state index >= 15 is 0 Å². The highest BCUT2D eigenvalue weighted by Gasteiger charge is 2.49. The molecule has 0 aromatic heterocycles. The van der Waals surface area contributed by atoms with Crippen LogP contribution >= 0.6 is 0 Å². The summed E-state index contributed by atoms with van der Waals surface area (Å²) in [7, 11) is -6.82. The van der Waals surface area contributed by atoms with Crippen LogP contribution in [0.5, 0.6) is 0 Å². The van der Waals surface area contributed by atoms with E-state index in [-0.39, 0.29) is 0 Å². The lowest BCUT2D eigenvalue weighted by atomic mass is 9.53. The van der Waals surface area contributed by atoms with Crippen molar-refractivity contribution < 1.29 is 40.2 Å². The van der Waals surface area contributed by atoms with E-state index in [4.69, 9.17) is 0 Å². The molecule has 0 radical (unpaired) electrons. The van der Waals surface area contributed by atoms with E-state index in [1.807, 2.05) is 24.3 Å². The fourth-order valence-electron chi connectivity index (χ4n) is 10.6.